The SMILES string of the molecule is COc1cccc(OC)c1C(=O)N1CCN(c2ccc(F)cc2F)CC1. The normalized spacial score (nSPS) is 14.3. The first-order chi connectivity index (χ1) is 12.5. The number of benzene rings is 2. The van der Waals surface area contributed by atoms with Crippen molar-refractivity contribution in [1.82, 2.24) is 4.90 Å². The number of nitrogens with zero attached hydrogens (tertiary/aromatic N) is 2. The van der Waals surface area contributed by atoms with Crippen LogP contribution >= 0.6 is 0 Å². The Morgan fingerprint density at radius 2 is 1.58 bits per heavy atom. The zero-order chi connectivity index (χ0) is 18.7. The Labute approximate surface area is 150 Å². The van der Waals surface area contributed by atoms with E-state index in [0.29, 0.717) is 48.9 Å². The first-order valence-corrected chi connectivity index (χ1v) is 8.25. The summed E-state index contributed by atoms with van der Waals surface area (Å²) in [5, 5.41) is 0. The number of methoxy groups -OCH3 is 2. The van der Waals surface area contributed by atoms with E-state index in [-0.39, 0.29) is 5.91 Å². The average Bonchev–Trinajstić information content (AvgIpc) is 2.67. The lowest BCUT2D eigenvalue weighted by Crippen LogP contribution is -2.49. The summed E-state index contributed by atoms with van der Waals surface area (Å²) < 4.78 is 37.6. The Bertz CT molecular complexity index is 783. The van der Waals surface area contributed by atoms with E-state index in [1.165, 1.54) is 26.4 Å². The molecule has 0 saturated carbocycles. The van der Waals surface area contributed by atoms with Crippen LogP contribution in [0.25, 0.3) is 0 Å². The van der Waals surface area contributed by atoms with Crippen LogP contribution in [0.4, 0.5) is 14.5 Å². The van der Waals surface area contributed by atoms with Crippen LogP contribution in [0.3, 0.4) is 0 Å². The standard InChI is InChI=1S/C19H20F2N2O3/c1-25-16-4-3-5-17(26-2)18(16)19(24)23-10-8-22(9-11-23)15-7-6-13(20)12-14(15)21/h3-7,12H,8-11H2,1-2H3. The Balaban J connectivity index is 1.75. The minimum absolute atomic E-state index is 0.196. The highest BCUT2D eigenvalue weighted by Crippen LogP contribution is 2.30. The quantitative estimate of drug-likeness (QED) is 0.839. The zero-order valence-corrected chi connectivity index (χ0v) is 14.7. The minimum atomic E-state index is -0.608. The van der Waals surface area contributed by atoms with Crippen molar-refractivity contribution in [3.8, 4) is 11.5 Å². The molecule has 0 atom stereocenters. The van der Waals surface area contributed by atoms with Gasteiger partial charge in [-0.1, -0.05) is 6.07 Å². The molecule has 0 bridgehead atoms. The third kappa shape index (κ3) is 3.42. The maximum Gasteiger partial charge on any atom is 0.261 e. The summed E-state index contributed by atoms with van der Waals surface area (Å²) in [6.07, 6.45) is 0. The lowest BCUT2D eigenvalue weighted by Gasteiger charge is -2.36. The lowest BCUT2D eigenvalue weighted by molar-refractivity contribution is 0.0739. The molecule has 0 aromatic heterocycles. The second-order valence-electron chi connectivity index (χ2n) is 5.91. The molecule has 1 aliphatic heterocycles. The summed E-state index contributed by atoms with van der Waals surface area (Å²) in [6.45, 7) is 1.73. The van der Waals surface area contributed by atoms with E-state index in [2.05, 4.69) is 0 Å². The van der Waals surface area contributed by atoms with E-state index in [4.69, 9.17) is 9.47 Å². The van der Waals surface area contributed by atoms with Gasteiger partial charge in [-0.15, -0.1) is 0 Å². The van der Waals surface area contributed by atoms with Crippen LogP contribution in [0.15, 0.2) is 36.4 Å². The molecule has 2 aromatic rings. The van der Waals surface area contributed by atoms with Gasteiger partial charge >= 0.3 is 0 Å². The molecule has 3 rings (SSSR count). The molecule has 138 valence electrons. The van der Waals surface area contributed by atoms with E-state index in [1.807, 2.05) is 0 Å². The molecular weight excluding hydrogens is 342 g/mol. The third-order valence-electron chi connectivity index (χ3n) is 4.46. The maximum atomic E-state index is 14.0. The molecule has 26 heavy (non-hydrogen) atoms. The average molecular weight is 362 g/mol. The molecule has 1 heterocycles. The first kappa shape index (κ1) is 18.0. The second-order valence-corrected chi connectivity index (χ2v) is 5.91. The maximum absolute atomic E-state index is 14.0. The van der Waals surface area contributed by atoms with Crippen molar-refractivity contribution >= 4 is 11.6 Å². The van der Waals surface area contributed by atoms with Gasteiger partial charge in [-0.25, -0.2) is 8.78 Å². The van der Waals surface area contributed by atoms with Crippen molar-refractivity contribution in [2.45, 2.75) is 0 Å². The van der Waals surface area contributed by atoms with Crippen molar-refractivity contribution in [2.24, 2.45) is 0 Å². The van der Waals surface area contributed by atoms with E-state index in [0.717, 1.165) is 6.07 Å². The van der Waals surface area contributed by atoms with Gasteiger partial charge in [0.05, 0.1) is 19.9 Å². The Hall–Kier alpha value is -2.83. The number of rotatable bonds is 4. The fourth-order valence-electron chi connectivity index (χ4n) is 3.11. The topological polar surface area (TPSA) is 42.0 Å². The van der Waals surface area contributed by atoms with Crippen LogP contribution in [0.5, 0.6) is 11.5 Å². The monoisotopic (exact) mass is 362 g/mol. The van der Waals surface area contributed by atoms with E-state index >= 15 is 0 Å². The van der Waals surface area contributed by atoms with Gasteiger partial charge in [0.1, 0.15) is 28.7 Å². The number of ether oxygens (including phenoxy) is 2. The largest absolute Gasteiger partial charge is 0.496 e. The Kier molecular flexibility index (Phi) is 5.25. The number of hydrogen-bond donors (Lipinski definition) is 0. The molecule has 1 amide bonds. The third-order valence-corrected chi connectivity index (χ3v) is 4.46. The fraction of sp³-hybridized carbons (Fsp3) is 0.316. The van der Waals surface area contributed by atoms with Crippen LogP contribution in [-0.2, 0) is 0 Å². The molecule has 0 spiro atoms. The number of hydrogen-bond acceptors (Lipinski definition) is 4. The van der Waals surface area contributed by atoms with Crippen LogP contribution in [0.2, 0.25) is 0 Å². The predicted molar refractivity (Wildman–Crippen MR) is 94.0 cm³/mol. The van der Waals surface area contributed by atoms with Crippen molar-refractivity contribution in [1.29, 1.82) is 0 Å². The zero-order valence-electron chi connectivity index (χ0n) is 14.7. The van der Waals surface area contributed by atoms with Gasteiger partial charge in [-0.3, -0.25) is 4.79 Å². The van der Waals surface area contributed by atoms with Crippen LogP contribution in [0, 0.1) is 11.6 Å². The van der Waals surface area contributed by atoms with Gasteiger partial charge < -0.3 is 19.3 Å². The number of halogens is 2. The molecule has 0 unspecified atom stereocenters. The van der Waals surface area contributed by atoms with Gasteiger partial charge in [0.2, 0.25) is 0 Å². The summed E-state index contributed by atoms with van der Waals surface area (Å²) in [5.74, 6) is -0.513. The predicted octanol–water partition coefficient (Wildman–Crippen LogP) is 2.94. The molecule has 5 nitrogen and oxygen atoms in total. The summed E-state index contributed by atoms with van der Waals surface area (Å²) >= 11 is 0. The molecule has 0 N–H and O–H groups in total. The molecule has 7 heteroatoms. The van der Waals surface area contributed by atoms with Crippen LogP contribution in [0.1, 0.15) is 10.4 Å². The van der Waals surface area contributed by atoms with Gasteiger partial charge in [0.25, 0.3) is 5.91 Å². The van der Waals surface area contributed by atoms with E-state index < -0.39 is 11.6 Å². The minimum Gasteiger partial charge on any atom is -0.496 e. The van der Waals surface area contributed by atoms with Crippen molar-refractivity contribution in [2.75, 3.05) is 45.3 Å². The first-order valence-electron chi connectivity index (χ1n) is 8.25. The summed E-state index contributed by atoms with van der Waals surface area (Å²) in [4.78, 5) is 16.4. The Morgan fingerprint density at radius 1 is 0.962 bits per heavy atom. The van der Waals surface area contributed by atoms with Crippen LogP contribution in [-0.4, -0.2) is 51.2 Å². The molecule has 0 radical (unpaired) electrons. The number of piperazine rings is 1. The number of anilines is 1. The molecule has 0 aliphatic carbocycles. The fourth-order valence-corrected chi connectivity index (χ4v) is 3.11. The van der Waals surface area contributed by atoms with Gasteiger partial charge in [0, 0.05) is 32.2 Å². The van der Waals surface area contributed by atoms with Gasteiger partial charge in [-0.2, -0.15) is 0 Å². The summed E-state index contributed by atoms with van der Waals surface area (Å²) in [5.41, 5.74) is 0.715. The van der Waals surface area contributed by atoms with Crippen molar-refractivity contribution in [3.05, 3.63) is 53.6 Å². The van der Waals surface area contributed by atoms with E-state index in [1.54, 1.807) is 28.0 Å². The number of amides is 1. The smallest absolute Gasteiger partial charge is 0.261 e. The number of carbonyl (C=O) groups excluding carboxylic acids is 1. The van der Waals surface area contributed by atoms with Crippen molar-refractivity contribution in [3.63, 3.8) is 0 Å². The highest BCUT2D eigenvalue weighted by atomic mass is 19.1. The highest BCUT2D eigenvalue weighted by molar-refractivity contribution is 5.99. The lowest BCUT2D eigenvalue weighted by atomic mass is 10.1. The highest BCUT2D eigenvalue weighted by Gasteiger charge is 2.27. The van der Waals surface area contributed by atoms with Crippen LogP contribution < -0.4 is 14.4 Å². The summed E-state index contributed by atoms with van der Waals surface area (Å²) in [6, 6.07) is 8.69. The molecule has 1 aliphatic rings. The Morgan fingerprint density at radius 3 is 2.12 bits per heavy atom. The molecule has 2 aromatic carbocycles. The molecule has 1 fully saturated rings. The summed E-state index contributed by atoms with van der Waals surface area (Å²) in [7, 11) is 3.00. The van der Waals surface area contributed by atoms with E-state index in [9.17, 15) is 13.6 Å². The number of carbonyl (C=O) groups is 1. The van der Waals surface area contributed by atoms with Gasteiger partial charge in [0.15, 0.2) is 0 Å². The molecular formula is C19H20F2N2O3. The van der Waals surface area contributed by atoms with Crippen molar-refractivity contribution < 1.29 is 23.0 Å². The van der Waals surface area contributed by atoms with Gasteiger partial charge in [-0.05, 0) is 24.3 Å². The molecule has 1 saturated heterocycles. The second kappa shape index (κ2) is 7.59.